The summed E-state index contributed by atoms with van der Waals surface area (Å²) < 4.78 is 5.64. The molecule has 1 aromatic carbocycles. The average Bonchev–Trinajstić information content (AvgIpc) is 2.71. The van der Waals surface area contributed by atoms with Gasteiger partial charge in [0.15, 0.2) is 0 Å². The molecule has 0 aliphatic carbocycles. The lowest BCUT2D eigenvalue weighted by atomic mass is 10.1. The standard InChI is InChI=1S/C20H22N4O2/c21-12-17-7-4-9-22-19(17)23-13-15-5-3-6-16(11-15)20(25)24-14-18-8-1-2-10-26-18/h3-7,9,11,18H,1-2,8,10,13-14H2,(H,22,23)(H,24,25)/t18-/m0/s1. The number of ether oxygens (including phenoxy) is 1. The lowest BCUT2D eigenvalue weighted by Gasteiger charge is -2.22. The number of hydrogen-bond donors (Lipinski definition) is 2. The maximum Gasteiger partial charge on any atom is 0.251 e. The summed E-state index contributed by atoms with van der Waals surface area (Å²) >= 11 is 0. The highest BCUT2D eigenvalue weighted by Crippen LogP contribution is 2.14. The molecule has 6 nitrogen and oxygen atoms in total. The quantitative estimate of drug-likeness (QED) is 0.836. The van der Waals surface area contributed by atoms with Crippen LogP contribution in [0.1, 0.15) is 40.7 Å². The van der Waals surface area contributed by atoms with Crippen LogP contribution in [0.2, 0.25) is 0 Å². The Bertz CT molecular complexity index is 794. The average molecular weight is 350 g/mol. The van der Waals surface area contributed by atoms with Gasteiger partial charge < -0.3 is 15.4 Å². The molecular weight excluding hydrogens is 328 g/mol. The van der Waals surface area contributed by atoms with E-state index >= 15 is 0 Å². The van der Waals surface area contributed by atoms with Crippen LogP contribution in [0.3, 0.4) is 0 Å². The molecule has 26 heavy (non-hydrogen) atoms. The van der Waals surface area contributed by atoms with Crippen LogP contribution in [-0.4, -0.2) is 30.1 Å². The lowest BCUT2D eigenvalue weighted by molar-refractivity contribution is 0.0169. The molecule has 1 aliphatic heterocycles. The van der Waals surface area contributed by atoms with Crippen LogP contribution >= 0.6 is 0 Å². The van der Waals surface area contributed by atoms with Gasteiger partial charge in [-0.1, -0.05) is 12.1 Å². The van der Waals surface area contributed by atoms with Gasteiger partial charge in [0.2, 0.25) is 0 Å². The van der Waals surface area contributed by atoms with Crippen molar-refractivity contribution < 1.29 is 9.53 Å². The zero-order chi connectivity index (χ0) is 18.2. The van der Waals surface area contributed by atoms with Crippen LogP contribution < -0.4 is 10.6 Å². The van der Waals surface area contributed by atoms with Gasteiger partial charge >= 0.3 is 0 Å². The lowest BCUT2D eigenvalue weighted by Crippen LogP contribution is -2.35. The number of carbonyl (C=O) groups excluding carboxylic acids is 1. The molecule has 2 N–H and O–H groups in total. The van der Waals surface area contributed by atoms with Crippen LogP contribution in [-0.2, 0) is 11.3 Å². The molecule has 0 saturated carbocycles. The number of rotatable bonds is 6. The summed E-state index contributed by atoms with van der Waals surface area (Å²) in [5.74, 6) is 0.441. The molecule has 2 heterocycles. The van der Waals surface area contributed by atoms with Crippen molar-refractivity contribution in [2.45, 2.75) is 31.9 Å². The number of benzene rings is 1. The van der Waals surface area contributed by atoms with E-state index in [9.17, 15) is 4.79 Å². The summed E-state index contributed by atoms with van der Waals surface area (Å²) in [4.78, 5) is 16.5. The molecule has 1 amide bonds. The van der Waals surface area contributed by atoms with Gasteiger partial charge in [0.05, 0.1) is 11.7 Å². The number of pyridine rings is 1. The Morgan fingerprint density at radius 1 is 1.31 bits per heavy atom. The maximum absolute atomic E-state index is 12.4. The minimum absolute atomic E-state index is 0.100. The molecule has 0 unspecified atom stereocenters. The Labute approximate surface area is 153 Å². The molecule has 0 bridgehead atoms. The number of nitrogens with one attached hydrogen (secondary N) is 2. The fourth-order valence-electron chi connectivity index (χ4n) is 2.92. The Morgan fingerprint density at radius 2 is 2.23 bits per heavy atom. The van der Waals surface area contributed by atoms with Crippen LogP contribution in [0.4, 0.5) is 5.82 Å². The fourth-order valence-corrected chi connectivity index (χ4v) is 2.92. The monoisotopic (exact) mass is 350 g/mol. The fraction of sp³-hybridized carbons (Fsp3) is 0.350. The van der Waals surface area contributed by atoms with E-state index in [2.05, 4.69) is 21.7 Å². The molecule has 0 radical (unpaired) electrons. The third-order valence-corrected chi connectivity index (χ3v) is 4.34. The van der Waals surface area contributed by atoms with Gasteiger partial charge in [-0.3, -0.25) is 4.79 Å². The first-order chi connectivity index (χ1) is 12.8. The number of carbonyl (C=O) groups is 1. The summed E-state index contributed by atoms with van der Waals surface area (Å²) in [5.41, 5.74) is 2.05. The second kappa shape index (κ2) is 8.97. The first-order valence-electron chi connectivity index (χ1n) is 8.84. The van der Waals surface area contributed by atoms with E-state index in [4.69, 9.17) is 10.00 Å². The van der Waals surface area contributed by atoms with Crippen LogP contribution in [0.15, 0.2) is 42.6 Å². The number of amides is 1. The van der Waals surface area contributed by atoms with Crippen molar-refractivity contribution in [2.24, 2.45) is 0 Å². The summed E-state index contributed by atoms with van der Waals surface area (Å²) in [6.07, 6.45) is 5.00. The molecule has 2 aromatic rings. The Morgan fingerprint density at radius 3 is 3.04 bits per heavy atom. The van der Waals surface area contributed by atoms with Crippen molar-refractivity contribution in [1.82, 2.24) is 10.3 Å². The Kier molecular flexibility index (Phi) is 6.18. The summed E-state index contributed by atoms with van der Waals surface area (Å²) in [6.45, 7) is 1.80. The number of nitrogens with zero attached hydrogens (tertiary/aromatic N) is 2. The second-order valence-electron chi connectivity index (χ2n) is 6.26. The maximum atomic E-state index is 12.4. The minimum atomic E-state index is -0.100. The smallest absolute Gasteiger partial charge is 0.251 e. The SMILES string of the molecule is N#Cc1cccnc1NCc1cccc(C(=O)NC[C@@H]2CCCCO2)c1. The predicted octanol–water partition coefficient (Wildman–Crippen LogP) is 2.86. The van der Waals surface area contributed by atoms with Crippen LogP contribution in [0.25, 0.3) is 0 Å². The van der Waals surface area contributed by atoms with Crippen molar-refractivity contribution in [2.75, 3.05) is 18.5 Å². The predicted molar refractivity (Wildman–Crippen MR) is 98.6 cm³/mol. The van der Waals surface area contributed by atoms with Gasteiger partial charge in [0.25, 0.3) is 5.91 Å². The van der Waals surface area contributed by atoms with E-state index < -0.39 is 0 Å². The number of anilines is 1. The molecule has 1 aromatic heterocycles. The van der Waals surface area contributed by atoms with Gasteiger partial charge in [-0.05, 0) is 49.1 Å². The summed E-state index contributed by atoms with van der Waals surface area (Å²) in [5, 5.41) is 15.2. The molecule has 0 spiro atoms. The Hall–Kier alpha value is -2.91. The highest BCUT2D eigenvalue weighted by molar-refractivity contribution is 5.94. The van der Waals surface area contributed by atoms with E-state index in [0.29, 0.717) is 30.0 Å². The minimum Gasteiger partial charge on any atom is -0.376 e. The van der Waals surface area contributed by atoms with E-state index in [1.54, 1.807) is 24.4 Å². The normalized spacial score (nSPS) is 16.5. The molecule has 1 aliphatic rings. The number of aromatic nitrogens is 1. The van der Waals surface area contributed by atoms with Gasteiger partial charge in [0.1, 0.15) is 11.9 Å². The van der Waals surface area contributed by atoms with Gasteiger partial charge in [-0.25, -0.2) is 4.98 Å². The van der Waals surface area contributed by atoms with Crippen molar-refractivity contribution in [3.63, 3.8) is 0 Å². The van der Waals surface area contributed by atoms with Gasteiger partial charge in [0, 0.05) is 31.5 Å². The summed E-state index contributed by atoms with van der Waals surface area (Å²) in [7, 11) is 0. The highest BCUT2D eigenvalue weighted by atomic mass is 16.5. The Balaban J connectivity index is 1.57. The van der Waals surface area contributed by atoms with E-state index in [0.717, 1.165) is 31.4 Å². The van der Waals surface area contributed by atoms with Crippen LogP contribution in [0.5, 0.6) is 0 Å². The number of nitriles is 1. The van der Waals surface area contributed by atoms with Gasteiger partial charge in [-0.15, -0.1) is 0 Å². The molecule has 3 rings (SSSR count). The number of hydrogen-bond acceptors (Lipinski definition) is 5. The van der Waals surface area contributed by atoms with Crippen molar-refractivity contribution in [3.05, 3.63) is 59.3 Å². The highest BCUT2D eigenvalue weighted by Gasteiger charge is 2.15. The van der Waals surface area contributed by atoms with Crippen molar-refractivity contribution in [3.8, 4) is 6.07 Å². The molecule has 6 heteroatoms. The largest absolute Gasteiger partial charge is 0.376 e. The van der Waals surface area contributed by atoms with Crippen molar-refractivity contribution in [1.29, 1.82) is 5.26 Å². The second-order valence-corrected chi connectivity index (χ2v) is 6.26. The molecular formula is C20H22N4O2. The first kappa shape index (κ1) is 17.9. The van der Waals surface area contributed by atoms with E-state index in [1.165, 1.54) is 0 Å². The zero-order valence-electron chi connectivity index (χ0n) is 14.6. The van der Waals surface area contributed by atoms with E-state index in [1.807, 2.05) is 18.2 Å². The zero-order valence-corrected chi connectivity index (χ0v) is 14.6. The molecule has 1 fully saturated rings. The molecule has 1 atom stereocenters. The molecule has 1 saturated heterocycles. The van der Waals surface area contributed by atoms with Gasteiger partial charge in [-0.2, -0.15) is 5.26 Å². The molecule has 134 valence electrons. The van der Waals surface area contributed by atoms with E-state index in [-0.39, 0.29) is 12.0 Å². The third kappa shape index (κ3) is 4.80. The third-order valence-electron chi connectivity index (χ3n) is 4.34. The summed E-state index contributed by atoms with van der Waals surface area (Å²) in [6, 6.07) is 13.0. The van der Waals surface area contributed by atoms with Crippen molar-refractivity contribution >= 4 is 11.7 Å². The van der Waals surface area contributed by atoms with Crippen LogP contribution in [0, 0.1) is 11.3 Å². The topological polar surface area (TPSA) is 87.0 Å². The first-order valence-corrected chi connectivity index (χ1v) is 8.84.